The second-order valence-corrected chi connectivity index (χ2v) is 5.84. The van der Waals surface area contributed by atoms with Crippen LogP contribution in [0, 0.1) is 17.8 Å². The second kappa shape index (κ2) is 6.26. The molecule has 0 aromatic rings. The van der Waals surface area contributed by atoms with Gasteiger partial charge in [0, 0.05) is 19.6 Å². The van der Waals surface area contributed by atoms with Crippen LogP contribution in [0.25, 0.3) is 0 Å². The van der Waals surface area contributed by atoms with Crippen molar-refractivity contribution < 1.29 is 14.7 Å². The van der Waals surface area contributed by atoms with E-state index in [0.29, 0.717) is 12.5 Å². The third kappa shape index (κ3) is 3.61. The Morgan fingerprint density at radius 1 is 1.32 bits per heavy atom. The predicted molar refractivity (Wildman–Crippen MR) is 71.8 cm³/mol. The molecule has 2 aliphatic carbocycles. The van der Waals surface area contributed by atoms with Crippen LogP contribution >= 0.6 is 0 Å². The molecule has 2 saturated carbocycles. The van der Waals surface area contributed by atoms with E-state index >= 15 is 0 Å². The number of carbonyl (C=O) groups excluding carboxylic acids is 1. The summed E-state index contributed by atoms with van der Waals surface area (Å²) in [6.45, 7) is 3.47. The van der Waals surface area contributed by atoms with Crippen LogP contribution in [-0.2, 0) is 4.79 Å². The van der Waals surface area contributed by atoms with Gasteiger partial charge in [-0.3, -0.25) is 4.79 Å². The zero-order valence-electron chi connectivity index (χ0n) is 11.6. The number of amides is 2. The molecule has 0 spiro atoms. The van der Waals surface area contributed by atoms with Crippen LogP contribution in [0.3, 0.4) is 0 Å². The van der Waals surface area contributed by atoms with Crippen LogP contribution in [0.2, 0.25) is 0 Å². The number of nitrogens with one attached hydrogen (secondary N) is 1. The Kier molecular flexibility index (Phi) is 4.66. The Balaban J connectivity index is 1.71. The Morgan fingerprint density at radius 2 is 2.11 bits per heavy atom. The van der Waals surface area contributed by atoms with E-state index in [1.807, 2.05) is 6.92 Å². The number of urea groups is 1. The highest BCUT2D eigenvalue weighted by Gasteiger charge is 2.39. The molecule has 0 aliphatic heterocycles. The highest BCUT2D eigenvalue weighted by Crippen LogP contribution is 2.47. The van der Waals surface area contributed by atoms with Gasteiger partial charge in [-0.15, -0.1) is 0 Å². The highest BCUT2D eigenvalue weighted by molar-refractivity contribution is 5.75. The molecule has 19 heavy (non-hydrogen) atoms. The van der Waals surface area contributed by atoms with Crippen LogP contribution in [0.5, 0.6) is 0 Å². The maximum Gasteiger partial charge on any atom is 0.317 e. The summed E-state index contributed by atoms with van der Waals surface area (Å²) in [7, 11) is 0. The molecule has 0 heterocycles. The smallest absolute Gasteiger partial charge is 0.317 e. The molecule has 5 nitrogen and oxygen atoms in total. The topological polar surface area (TPSA) is 69.6 Å². The SMILES string of the molecule is CCN(CCC(=O)O)C(=O)NCC1CC2CCC1C2. The number of fused-ring (bicyclic) bond motifs is 2. The van der Waals surface area contributed by atoms with Gasteiger partial charge in [-0.2, -0.15) is 0 Å². The van der Waals surface area contributed by atoms with Gasteiger partial charge in [-0.1, -0.05) is 6.42 Å². The van der Waals surface area contributed by atoms with E-state index in [9.17, 15) is 9.59 Å². The third-order valence-corrected chi connectivity index (χ3v) is 4.66. The summed E-state index contributed by atoms with van der Waals surface area (Å²) in [5, 5.41) is 11.6. The molecule has 2 rings (SSSR count). The Hall–Kier alpha value is -1.26. The van der Waals surface area contributed by atoms with Crippen molar-refractivity contribution in [2.24, 2.45) is 17.8 Å². The molecule has 5 heteroatoms. The van der Waals surface area contributed by atoms with E-state index in [1.54, 1.807) is 4.90 Å². The Labute approximate surface area is 114 Å². The molecule has 108 valence electrons. The molecule has 2 amide bonds. The van der Waals surface area contributed by atoms with E-state index in [1.165, 1.54) is 25.7 Å². The normalized spacial score (nSPS) is 28.4. The molecule has 3 unspecified atom stereocenters. The van der Waals surface area contributed by atoms with Crippen molar-refractivity contribution in [2.75, 3.05) is 19.6 Å². The maximum absolute atomic E-state index is 12.0. The van der Waals surface area contributed by atoms with E-state index in [-0.39, 0.29) is 19.0 Å². The van der Waals surface area contributed by atoms with Crippen LogP contribution < -0.4 is 5.32 Å². The molecule has 2 fully saturated rings. The maximum atomic E-state index is 12.0. The highest BCUT2D eigenvalue weighted by atomic mass is 16.4. The number of aliphatic carboxylic acids is 1. The monoisotopic (exact) mass is 268 g/mol. The lowest BCUT2D eigenvalue weighted by molar-refractivity contribution is -0.137. The van der Waals surface area contributed by atoms with Gasteiger partial charge in [0.2, 0.25) is 0 Å². The molecule has 0 aromatic heterocycles. The van der Waals surface area contributed by atoms with E-state index in [2.05, 4.69) is 5.32 Å². The zero-order chi connectivity index (χ0) is 13.8. The number of hydrogen-bond acceptors (Lipinski definition) is 2. The van der Waals surface area contributed by atoms with Crippen molar-refractivity contribution in [1.29, 1.82) is 0 Å². The first kappa shape index (κ1) is 14.2. The first-order valence-electron chi connectivity index (χ1n) is 7.34. The number of carboxylic acid groups (broad SMARTS) is 1. The van der Waals surface area contributed by atoms with Gasteiger partial charge in [-0.25, -0.2) is 4.79 Å². The molecular formula is C14H24N2O3. The molecule has 0 aromatic carbocycles. The lowest BCUT2D eigenvalue weighted by atomic mass is 9.89. The second-order valence-electron chi connectivity index (χ2n) is 5.84. The minimum absolute atomic E-state index is 0.00931. The van der Waals surface area contributed by atoms with Crippen molar-refractivity contribution >= 4 is 12.0 Å². The van der Waals surface area contributed by atoms with Crippen LogP contribution in [0.4, 0.5) is 4.79 Å². The minimum Gasteiger partial charge on any atom is -0.481 e. The van der Waals surface area contributed by atoms with Gasteiger partial charge in [-0.05, 0) is 43.9 Å². The average molecular weight is 268 g/mol. The third-order valence-electron chi connectivity index (χ3n) is 4.66. The first-order valence-corrected chi connectivity index (χ1v) is 7.34. The number of hydrogen-bond donors (Lipinski definition) is 2. The summed E-state index contributed by atoms with van der Waals surface area (Å²) in [4.78, 5) is 24.1. The van der Waals surface area contributed by atoms with E-state index in [4.69, 9.17) is 5.11 Å². The number of carbonyl (C=O) groups is 2. The van der Waals surface area contributed by atoms with Crippen molar-refractivity contribution in [1.82, 2.24) is 10.2 Å². The lowest BCUT2D eigenvalue weighted by Gasteiger charge is -2.25. The Bertz CT molecular complexity index is 346. The number of nitrogens with zero attached hydrogens (tertiary/aromatic N) is 1. The molecule has 0 saturated heterocycles. The van der Waals surface area contributed by atoms with E-state index < -0.39 is 5.97 Å². The summed E-state index contributed by atoms with van der Waals surface area (Å²) in [6.07, 6.45) is 5.30. The summed E-state index contributed by atoms with van der Waals surface area (Å²) >= 11 is 0. The Morgan fingerprint density at radius 3 is 2.63 bits per heavy atom. The summed E-state index contributed by atoms with van der Waals surface area (Å²) in [6, 6.07) is -0.119. The predicted octanol–water partition coefficient (Wildman–Crippen LogP) is 1.93. The molecular weight excluding hydrogens is 244 g/mol. The number of rotatable bonds is 6. The van der Waals surface area contributed by atoms with Crippen LogP contribution in [-0.4, -0.2) is 41.6 Å². The fourth-order valence-electron chi connectivity index (χ4n) is 3.59. The average Bonchev–Trinajstić information content (AvgIpc) is 2.98. The first-order chi connectivity index (χ1) is 9.10. The van der Waals surface area contributed by atoms with Gasteiger partial charge in [0.1, 0.15) is 0 Å². The summed E-state index contributed by atoms with van der Waals surface area (Å²) < 4.78 is 0. The molecule has 0 radical (unpaired) electrons. The quantitative estimate of drug-likeness (QED) is 0.773. The summed E-state index contributed by atoms with van der Waals surface area (Å²) in [5.74, 6) is 1.47. The molecule has 2 N–H and O–H groups in total. The van der Waals surface area contributed by atoms with Crippen LogP contribution in [0.1, 0.15) is 39.0 Å². The minimum atomic E-state index is -0.862. The van der Waals surface area contributed by atoms with Crippen molar-refractivity contribution in [3.05, 3.63) is 0 Å². The zero-order valence-corrected chi connectivity index (χ0v) is 11.6. The lowest BCUT2D eigenvalue weighted by Crippen LogP contribution is -2.43. The standard InChI is InChI=1S/C14H24N2O3/c1-2-16(6-5-13(17)18)14(19)15-9-12-8-10-3-4-11(12)7-10/h10-12H,2-9H2,1H3,(H,15,19)(H,17,18). The van der Waals surface area contributed by atoms with Gasteiger partial charge < -0.3 is 15.3 Å². The van der Waals surface area contributed by atoms with Crippen molar-refractivity contribution in [3.8, 4) is 0 Å². The largest absolute Gasteiger partial charge is 0.481 e. The van der Waals surface area contributed by atoms with Crippen molar-refractivity contribution in [3.63, 3.8) is 0 Å². The van der Waals surface area contributed by atoms with Gasteiger partial charge >= 0.3 is 12.0 Å². The molecule has 3 atom stereocenters. The van der Waals surface area contributed by atoms with E-state index in [0.717, 1.165) is 18.4 Å². The summed E-state index contributed by atoms with van der Waals surface area (Å²) in [5.41, 5.74) is 0. The van der Waals surface area contributed by atoms with Crippen molar-refractivity contribution in [2.45, 2.75) is 39.0 Å². The molecule has 2 bridgehead atoms. The fourth-order valence-corrected chi connectivity index (χ4v) is 3.59. The van der Waals surface area contributed by atoms with Crippen LogP contribution in [0.15, 0.2) is 0 Å². The fraction of sp³-hybridized carbons (Fsp3) is 0.857. The molecule has 2 aliphatic rings. The van der Waals surface area contributed by atoms with Gasteiger partial charge in [0.25, 0.3) is 0 Å². The van der Waals surface area contributed by atoms with Gasteiger partial charge in [0.15, 0.2) is 0 Å². The van der Waals surface area contributed by atoms with Gasteiger partial charge in [0.05, 0.1) is 6.42 Å². The number of carboxylic acids is 1.